The van der Waals surface area contributed by atoms with E-state index in [1.807, 2.05) is 13.8 Å². The highest BCUT2D eigenvalue weighted by molar-refractivity contribution is 6.33. The van der Waals surface area contributed by atoms with Crippen molar-refractivity contribution in [3.63, 3.8) is 0 Å². The Morgan fingerprint density at radius 1 is 1.52 bits per heavy atom. The number of pyridine rings is 1. The smallest absolute Gasteiger partial charge is 0.353 e. The molecule has 1 aliphatic rings. The second kappa shape index (κ2) is 7.78. The van der Waals surface area contributed by atoms with Gasteiger partial charge >= 0.3 is 6.18 Å². The summed E-state index contributed by atoms with van der Waals surface area (Å²) in [5.74, 6) is 0.390. The van der Waals surface area contributed by atoms with Gasteiger partial charge in [-0.15, -0.1) is 0 Å². The first-order valence-electron chi connectivity index (χ1n) is 8.11. The number of aromatic nitrogens is 1. The number of nitrogens with zero attached hydrogens (tertiary/aromatic N) is 2. The van der Waals surface area contributed by atoms with Crippen LogP contribution in [0.5, 0.6) is 0 Å². The van der Waals surface area contributed by atoms with Gasteiger partial charge in [0.15, 0.2) is 0 Å². The number of anilines is 1. The zero-order valence-corrected chi connectivity index (χ0v) is 14.9. The van der Waals surface area contributed by atoms with E-state index in [2.05, 4.69) is 10.3 Å². The molecule has 0 saturated carbocycles. The zero-order chi connectivity index (χ0) is 18.8. The van der Waals surface area contributed by atoms with Gasteiger partial charge in [-0.05, 0) is 24.8 Å². The standard InChI is InChI=1S/C16H22ClF3N4O/c1-9(2)5-13(21)15(25)23-11-3-4-24(8-11)14-12(17)6-10(7-22-14)16(18,19)20/h6-7,9,11,13H,3-5,8,21H2,1-2H3,(H,23,25)/t11?,13-/m0/s1. The normalized spacial score (nSPS) is 19.4. The van der Waals surface area contributed by atoms with Gasteiger partial charge in [-0.3, -0.25) is 4.79 Å². The third kappa shape index (κ3) is 5.22. The van der Waals surface area contributed by atoms with E-state index in [-0.39, 0.29) is 22.8 Å². The third-order valence-corrected chi connectivity index (χ3v) is 4.32. The number of nitrogens with two attached hydrogens (primary N) is 1. The molecule has 0 spiro atoms. The van der Waals surface area contributed by atoms with Gasteiger partial charge in [0.25, 0.3) is 0 Å². The van der Waals surface area contributed by atoms with Crippen LogP contribution in [-0.4, -0.2) is 36.1 Å². The van der Waals surface area contributed by atoms with Crippen LogP contribution in [0, 0.1) is 5.92 Å². The molecule has 9 heteroatoms. The fraction of sp³-hybridized carbons (Fsp3) is 0.625. The molecule has 1 unspecified atom stereocenters. The van der Waals surface area contributed by atoms with E-state index in [0.29, 0.717) is 31.8 Å². The summed E-state index contributed by atoms with van der Waals surface area (Å²) in [7, 11) is 0. The molecule has 3 N–H and O–H groups in total. The third-order valence-electron chi connectivity index (χ3n) is 4.05. The number of carbonyl (C=O) groups is 1. The molecule has 1 aliphatic heterocycles. The maximum atomic E-state index is 12.7. The maximum Gasteiger partial charge on any atom is 0.417 e. The predicted molar refractivity (Wildman–Crippen MR) is 90.4 cm³/mol. The number of halogens is 4. The van der Waals surface area contributed by atoms with Crippen molar-refractivity contribution < 1.29 is 18.0 Å². The van der Waals surface area contributed by atoms with Crippen molar-refractivity contribution in [2.45, 2.75) is 44.9 Å². The molecule has 140 valence electrons. The highest BCUT2D eigenvalue weighted by atomic mass is 35.5. The van der Waals surface area contributed by atoms with Gasteiger partial charge in [-0.2, -0.15) is 13.2 Å². The fourth-order valence-corrected chi connectivity index (χ4v) is 3.10. The monoisotopic (exact) mass is 378 g/mol. The Morgan fingerprint density at radius 3 is 2.76 bits per heavy atom. The molecule has 2 atom stereocenters. The number of hydrogen-bond acceptors (Lipinski definition) is 4. The summed E-state index contributed by atoms with van der Waals surface area (Å²) < 4.78 is 38.0. The molecule has 1 aromatic heterocycles. The Balaban J connectivity index is 1.98. The number of alkyl halides is 3. The van der Waals surface area contributed by atoms with Crippen molar-refractivity contribution in [2.24, 2.45) is 11.7 Å². The molecule has 0 aromatic carbocycles. The molecule has 0 bridgehead atoms. The van der Waals surface area contributed by atoms with Gasteiger partial charge in [-0.1, -0.05) is 25.4 Å². The van der Waals surface area contributed by atoms with Crippen LogP contribution in [0.3, 0.4) is 0 Å². The first-order chi connectivity index (χ1) is 11.6. The van der Waals surface area contributed by atoms with Crippen molar-refractivity contribution in [1.29, 1.82) is 0 Å². The minimum atomic E-state index is -4.48. The zero-order valence-electron chi connectivity index (χ0n) is 14.1. The van der Waals surface area contributed by atoms with E-state index in [1.165, 1.54) is 0 Å². The predicted octanol–water partition coefficient (Wildman–Crippen LogP) is 2.82. The summed E-state index contributed by atoms with van der Waals surface area (Å²) in [5.41, 5.74) is 4.97. The molecule has 1 aromatic rings. The van der Waals surface area contributed by atoms with E-state index in [1.54, 1.807) is 4.90 Å². The second-order valence-corrected chi connectivity index (χ2v) is 7.11. The molecule has 1 fully saturated rings. The molecule has 1 amide bonds. The lowest BCUT2D eigenvalue weighted by atomic mass is 10.0. The Hall–Kier alpha value is -1.54. The van der Waals surface area contributed by atoms with Gasteiger partial charge in [0.1, 0.15) is 5.82 Å². The van der Waals surface area contributed by atoms with Gasteiger partial charge in [0.05, 0.1) is 16.6 Å². The summed E-state index contributed by atoms with van der Waals surface area (Å²) in [6.45, 7) is 4.95. The minimum absolute atomic E-state index is 0.0571. The Morgan fingerprint density at radius 2 is 2.20 bits per heavy atom. The summed E-state index contributed by atoms with van der Waals surface area (Å²) >= 11 is 5.97. The van der Waals surface area contributed by atoms with E-state index in [4.69, 9.17) is 17.3 Å². The van der Waals surface area contributed by atoms with Crippen LogP contribution in [0.4, 0.5) is 19.0 Å². The van der Waals surface area contributed by atoms with Gasteiger partial charge in [-0.25, -0.2) is 4.98 Å². The molecule has 25 heavy (non-hydrogen) atoms. The number of amides is 1. The van der Waals surface area contributed by atoms with Gasteiger partial charge in [0.2, 0.25) is 5.91 Å². The number of nitrogens with one attached hydrogen (secondary N) is 1. The Bertz CT molecular complexity index is 624. The van der Waals surface area contributed by atoms with Crippen molar-refractivity contribution in [3.05, 3.63) is 22.8 Å². The molecule has 0 radical (unpaired) electrons. The number of carbonyl (C=O) groups excluding carboxylic acids is 1. The summed E-state index contributed by atoms with van der Waals surface area (Å²) in [6.07, 6.45) is -2.47. The summed E-state index contributed by atoms with van der Waals surface area (Å²) in [4.78, 5) is 17.7. The van der Waals surface area contributed by atoms with Crippen molar-refractivity contribution >= 4 is 23.3 Å². The average molecular weight is 379 g/mol. The molecule has 2 heterocycles. The SMILES string of the molecule is CC(C)C[C@H](N)C(=O)NC1CCN(c2ncc(C(F)(F)F)cc2Cl)C1. The van der Waals surface area contributed by atoms with E-state index < -0.39 is 17.8 Å². The Kier molecular flexibility index (Phi) is 6.16. The van der Waals surface area contributed by atoms with E-state index >= 15 is 0 Å². The molecule has 0 aliphatic carbocycles. The first kappa shape index (κ1) is 19.8. The van der Waals surface area contributed by atoms with E-state index in [9.17, 15) is 18.0 Å². The molecule has 1 saturated heterocycles. The number of hydrogen-bond donors (Lipinski definition) is 2. The second-order valence-electron chi connectivity index (χ2n) is 6.70. The van der Waals surface area contributed by atoms with Crippen molar-refractivity contribution in [1.82, 2.24) is 10.3 Å². The van der Waals surface area contributed by atoms with Gasteiger partial charge < -0.3 is 16.0 Å². The lowest BCUT2D eigenvalue weighted by molar-refractivity contribution is -0.137. The lowest BCUT2D eigenvalue weighted by Crippen LogP contribution is -2.46. The highest BCUT2D eigenvalue weighted by Gasteiger charge is 2.33. The van der Waals surface area contributed by atoms with Crippen LogP contribution in [0.2, 0.25) is 5.02 Å². The quantitative estimate of drug-likeness (QED) is 0.826. The molecule has 2 rings (SSSR count). The van der Waals surface area contributed by atoms with Crippen LogP contribution in [0.15, 0.2) is 12.3 Å². The van der Waals surface area contributed by atoms with Crippen molar-refractivity contribution in [3.8, 4) is 0 Å². The van der Waals surface area contributed by atoms with Crippen LogP contribution in [0.25, 0.3) is 0 Å². The summed E-state index contributed by atoms with van der Waals surface area (Å²) in [6, 6.07) is 0.168. The minimum Gasteiger partial charge on any atom is -0.353 e. The fourth-order valence-electron chi connectivity index (χ4n) is 2.81. The molecule has 5 nitrogen and oxygen atoms in total. The topological polar surface area (TPSA) is 71.2 Å². The Labute approximate surface area is 149 Å². The van der Waals surface area contributed by atoms with Crippen LogP contribution < -0.4 is 16.0 Å². The highest BCUT2D eigenvalue weighted by Crippen LogP contribution is 2.34. The van der Waals surface area contributed by atoms with Crippen LogP contribution in [0.1, 0.15) is 32.3 Å². The average Bonchev–Trinajstić information content (AvgIpc) is 2.93. The van der Waals surface area contributed by atoms with E-state index in [0.717, 1.165) is 12.3 Å². The first-order valence-corrected chi connectivity index (χ1v) is 8.49. The van der Waals surface area contributed by atoms with Crippen LogP contribution in [-0.2, 0) is 11.0 Å². The number of rotatable bonds is 5. The van der Waals surface area contributed by atoms with Crippen molar-refractivity contribution in [2.75, 3.05) is 18.0 Å². The molecular formula is C16H22ClF3N4O. The largest absolute Gasteiger partial charge is 0.417 e. The molecular weight excluding hydrogens is 357 g/mol. The lowest BCUT2D eigenvalue weighted by Gasteiger charge is -2.21. The maximum absolute atomic E-state index is 12.7. The summed E-state index contributed by atoms with van der Waals surface area (Å²) in [5, 5.41) is 2.83. The van der Waals surface area contributed by atoms with Gasteiger partial charge in [0, 0.05) is 25.3 Å². The van der Waals surface area contributed by atoms with Crippen LogP contribution >= 0.6 is 11.6 Å².